The molecule has 1 aliphatic rings. The molecule has 0 heterocycles. The lowest BCUT2D eigenvalue weighted by Crippen LogP contribution is -2.24. The van der Waals surface area contributed by atoms with Crippen LogP contribution in [0, 0.1) is 5.92 Å². The number of amides is 2. The summed E-state index contributed by atoms with van der Waals surface area (Å²) in [6.07, 6.45) is 6.70. The van der Waals surface area contributed by atoms with Crippen LogP contribution in [0.4, 0.5) is 4.79 Å². The number of esters is 1. The van der Waals surface area contributed by atoms with Crippen molar-refractivity contribution in [3.05, 3.63) is 29.8 Å². The van der Waals surface area contributed by atoms with Crippen molar-refractivity contribution in [2.45, 2.75) is 32.1 Å². The highest BCUT2D eigenvalue weighted by Gasteiger charge is 2.22. The fourth-order valence-corrected chi connectivity index (χ4v) is 2.33. The Labute approximate surface area is 123 Å². The smallest absolute Gasteiger partial charge is 0.332 e. The Kier molecular flexibility index (Phi) is 5.31. The maximum Gasteiger partial charge on any atom is 0.332 e. The molecule has 0 saturated heterocycles. The van der Waals surface area contributed by atoms with Crippen LogP contribution in [0.2, 0.25) is 0 Å². The van der Waals surface area contributed by atoms with Crippen LogP contribution in [-0.2, 0) is 4.79 Å². The predicted molar refractivity (Wildman–Crippen MR) is 79.0 cm³/mol. The molecule has 0 aromatic heterocycles. The number of nitrogens with one attached hydrogen (secondary N) is 1. The normalized spacial score (nSPS) is 15.8. The molecule has 0 radical (unpaired) electrons. The highest BCUT2D eigenvalue weighted by atomic mass is 16.5. The zero-order valence-corrected chi connectivity index (χ0v) is 11.7. The summed E-state index contributed by atoms with van der Waals surface area (Å²) < 4.78 is 5.38. The Hall–Kier alpha value is -2.37. The molecule has 6 heteroatoms. The van der Waals surface area contributed by atoms with E-state index in [2.05, 4.69) is 10.5 Å². The summed E-state index contributed by atoms with van der Waals surface area (Å²) >= 11 is 0. The first-order valence-electron chi connectivity index (χ1n) is 7.05. The van der Waals surface area contributed by atoms with Gasteiger partial charge < -0.3 is 10.5 Å². The van der Waals surface area contributed by atoms with Gasteiger partial charge in [-0.3, -0.25) is 4.79 Å². The van der Waals surface area contributed by atoms with E-state index >= 15 is 0 Å². The second kappa shape index (κ2) is 7.42. The molecule has 1 aromatic rings. The van der Waals surface area contributed by atoms with Gasteiger partial charge in [-0.05, 0) is 42.7 Å². The molecule has 0 atom stereocenters. The molecule has 0 bridgehead atoms. The molecule has 0 aliphatic heterocycles. The van der Waals surface area contributed by atoms with E-state index in [1.807, 2.05) is 0 Å². The van der Waals surface area contributed by atoms with E-state index in [9.17, 15) is 9.59 Å². The number of hydrazone groups is 1. The molecule has 6 nitrogen and oxygen atoms in total. The molecule has 1 fully saturated rings. The van der Waals surface area contributed by atoms with Crippen molar-refractivity contribution in [1.29, 1.82) is 0 Å². The maximum absolute atomic E-state index is 12.0. The van der Waals surface area contributed by atoms with E-state index in [1.54, 1.807) is 24.3 Å². The van der Waals surface area contributed by atoms with Crippen molar-refractivity contribution >= 4 is 18.2 Å². The summed E-state index contributed by atoms with van der Waals surface area (Å²) in [5.41, 5.74) is 7.76. The maximum atomic E-state index is 12.0. The van der Waals surface area contributed by atoms with E-state index in [-0.39, 0.29) is 11.9 Å². The van der Waals surface area contributed by atoms with E-state index in [1.165, 1.54) is 12.6 Å². The fourth-order valence-electron chi connectivity index (χ4n) is 2.33. The minimum atomic E-state index is -0.718. The molecule has 2 amide bonds. The monoisotopic (exact) mass is 289 g/mol. The number of carbonyl (C=O) groups is 2. The number of benzene rings is 1. The molecular formula is C15H19N3O3. The Morgan fingerprint density at radius 2 is 1.86 bits per heavy atom. The largest absolute Gasteiger partial charge is 0.426 e. The van der Waals surface area contributed by atoms with Crippen LogP contribution in [-0.4, -0.2) is 18.2 Å². The topological polar surface area (TPSA) is 93.8 Å². The number of hydrogen-bond donors (Lipinski definition) is 2. The van der Waals surface area contributed by atoms with Gasteiger partial charge in [0.1, 0.15) is 5.75 Å². The van der Waals surface area contributed by atoms with Gasteiger partial charge in [0.2, 0.25) is 0 Å². The molecule has 1 aromatic carbocycles. The molecule has 0 unspecified atom stereocenters. The van der Waals surface area contributed by atoms with Gasteiger partial charge in [-0.1, -0.05) is 19.3 Å². The number of rotatable bonds is 4. The van der Waals surface area contributed by atoms with Gasteiger partial charge in [0, 0.05) is 0 Å². The zero-order valence-electron chi connectivity index (χ0n) is 11.7. The van der Waals surface area contributed by atoms with Gasteiger partial charge in [-0.25, -0.2) is 10.2 Å². The van der Waals surface area contributed by atoms with E-state index in [0.717, 1.165) is 31.2 Å². The molecule has 2 rings (SSSR count). The number of urea groups is 1. The van der Waals surface area contributed by atoms with Crippen LogP contribution >= 0.6 is 0 Å². The summed E-state index contributed by atoms with van der Waals surface area (Å²) in [4.78, 5) is 22.4. The lowest BCUT2D eigenvalue weighted by atomic mass is 9.89. The number of nitrogens with zero attached hydrogens (tertiary/aromatic N) is 1. The standard InChI is InChI=1S/C15H19N3O3/c16-15(20)18-17-10-11-6-8-13(9-7-11)21-14(19)12-4-2-1-3-5-12/h6-10,12H,1-5H2,(H3,16,18,20). The first-order valence-corrected chi connectivity index (χ1v) is 7.05. The first-order chi connectivity index (χ1) is 10.1. The van der Waals surface area contributed by atoms with Crippen LogP contribution in [0.15, 0.2) is 29.4 Å². The third-order valence-electron chi connectivity index (χ3n) is 3.43. The summed E-state index contributed by atoms with van der Waals surface area (Å²) in [5.74, 6) is 0.400. The molecule has 112 valence electrons. The van der Waals surface area contributed by atoms with E-state index in [0.29, 0.717) is 5.75 Å². The molecule has 1 aliphatic carbocycles. The highest BCUT2D eigenvalue weighted by Crippen LogP contribution is 2.25. The van der Waals surface area contributed by atoms with Crippen molar-refractivity contribution in [3.63, 3.8) is 0 Å². The minimum Gasteiger partial charge on any atom is -0.426 e. The minimum absolute atomic E-state index is 0.0276. The Morgan fingerprint density at radius 3 is 2.48 bits per heavy atom. The number of nitrogens with two attached hydrogens (primary N) is 1. The molecule has 21 heavy (non-hydrogen) atoms. The Balaban J connectivity index is 1.88. The van der Waals surface area contributed by atoms with Crippen LogP contribution in [0.25, 0.3) is 0 Å². The number of primary amides is 1. The van der Waals surface area contributed by atoms with Gasteiger partial charge in [0.15, 0.2) is 0 Å². The molecule has 3 N–H and O–H groups in total. The SMILES string of the molecule is NC(=O)NN=Cc1ccc(OC(=O)C2CCCCC2)cc1. The zero-order chi connectivity index (χ0) is 15.1. The van der Waals surface area contributed by atoms with E-state index < -0.39 is 6.03 Å². The predicted octanol–water partition coefficient (Wildman–Crippen LogP) is 2.17. The average Bonchev–Trinajstić information content (AvgIpc) is 2.49. The van der Waals surface area contributed by atoms with Crippen LogP contribution < -0.4 is 15.9 Å². The highest BCUT2D eigenvalue weighted by molar-refractivity contribution is 5.82. The number of ether oxygens (including phenoxy) is 1. The van der Waals surface area contributed by atoms with Crippen LogP contribution in [0.1, 0.15) is 37.7 Å². The lowest BCUT2D eigenvalue weighted by molar-refractivity contribution is -0.139. The molecular weight excluding hydrogens is 270 g/mol. The second-order valence-corrected chi connectivity index (χ2v) is 5.06. The van der Waals surface area contributed by atoms with Crippen molar-refractivity contribution in [2.75, 3.05) is 0 Å². The van der Waals surface area contributed by atoms with Crippen molar-refractivity contribution < 1.29 is 14.3 Å². The third kappa shape index (κ3) is 4.91. The summed E-state index contributed by atoms with van der Waals surface area (Å²) in [7, 11) is 0. The number of hydrogen-bond acceptors (Lipinski definition) is 4. The van der Waals surface area contributed by atoms with Crippen molar-refractivity contribution in [3.8, 4) is 5.75 Å². The van der Waals surface area contributed by atoms with Crippen LogP contribution in [0.5, 0.6) is 5.75 Å². The quantitative estimate of drug-likeness (QED) is 0.385. The molecule has 1 saturated carbocycles. The van der Waals surface area contributed by atoms with Crippen molar-refractivity contribution in [2.24, 2.45) is 16.8 Å². The third-order valence-corrected chi connectivity index (χ3v) is 3.43. The Bertz CT molecular complexity index is 519. The Morgan fingerprint density at radius 1 is 1.19 bits per heavy atom. The van der Waals surface area contributed by atoms with Crippen LogP contribution in [0.3, 0.4) is 0 Å². The lowest BCUT2D eigenvalue weighted by Gasteiger charge is -2.19. The summed E-state index contributed by atoms with van der Waals surface area (Å²) in [6, 6.07) is 6.17. The summed E-state index contributed by atoms with van der Waals surface area (Å²) in [5, 5.41) is 3.65. The molecule has 0 spiro atoms. The van der Waals surface area contributed by atoms with Crippen molar-refractivity contribution in [1.82, 2.24) is 5.43 Å². The number of carbonyl (C=O) groups excluding carboxylic acids is 2. The summed E-state index contributed by atoms with van der Waals surface area (Å²) in [6.45, 7) is 0. The van der Waals surface area contributed by atoms with Gasteiger partial charge in [0.25, 0.3) is 0 Å². The van der Waals surface area contributed by atoms with Gasteiger partial charge >= 0.3 is 12.0 Å². The second-order valence-electron chi connectivity index (χ2n) is 5.06. The fraction of sp³-hybridized carbons (Fsp3) is 0.400. The average molecular weight is 289 g/mol. The first kappa shape index (κ1) is 15.0. The van der Waals surface area contributed by atoms with Gasteiger partial charge in [-0.2, -0.15) is 5.10 Å². The van der Waals surface area contributed by atoms with Gasteiger partial charge in [-0.15, -0.1) is 0 Å². The van der Waals surface area contributed by atoms with E-state index in [4.69, 9.17) is 10.5 Å². The van der Waals surface area contributed by atoms with Gasteiger partial charge in [0.05, 0.1) is 12.1 Å².